The SMILES string of the molecule is C#Cc1cc(N(C)[SH](=O)=O)c(Nc2cc(Nc3ccnc(OC)n3)ncc2C(=O)NOCC)cc1F. The number of ether oxygens (including phenoxy) is 1. The highest BCUT2D eigenvalue weighted by atomic mass is 32.2. The van der Waals surface area contributed by atoms with Crippen LogP contribution in [0.4, 0.5) is 33.1 Å². The number of hydroxylamine groups is 1. The second kappa shape index (κ2) is 11.8. The number of anilines is 5. The number of hydrogen-bond acceptors (Lipinski definition) is 10. The number of hydrogen-bond donors (Lipinski definition) is 4. The summed E-state index contributed by atoms with van der Waals surface area (Å²) in [7, 11) is -0.387. The molecule has 3 N–H and O–H groups in total. The van der Waals surface area contributed by atoms with Gasteiger partial charge in [0.1, 0.15) is 17.5 Å². The van der Waals surface area contributed by atoms with Gasteiger partial charge in [-0.1, -0.05) is 5.92 Å². The molecule has 0 saturated carbocycles. The average Bonchev–Trinajstić information content (AvgIpc) is 2.87. The number of carbonyl (C=O) groups excluding carboxylic acids is 1. The van der Waals surface area contributed by atoms with Crippen molar-refractivity contribution in [3.63, 3.8) is 0 Å². The Morgan fingerprint density at radius 3 is 2.64 bits per heavy atom. The number of rotatable bonds is 10. The molecule has 0 aliphatic heterocycles. The highest BCUT2D eigenvalue weighted by Crippen LogP contribution is 2.33. The highest BCUT2D eigenvalue weighted by molar-refractivity contribution is 7.74. The number of thiol groups is 1. The molecule has 3 rings (SSSR count). The van der Waals surface area contributed by atoms with Crippen molar-refractivity contribution in [3.8, 4) is 18.4 Å². The van der Waals surface area contributed by atoms with Crippen molar-refractivity contribution in [2.24, 2.45) is 0 Å². The Balaban J connectivity index is 2.09. The quantitative estimate of drug-likeness (QED) is 0.180. The lowest BCUT2D eigenvalue weighted by atomic mass is 10.1. The second-order valence-electron chi connectivity index (χ2n) is 6.91. The molecule has 0 atom stereocenters. The van der Waals surface area contributed by atoms with Crippen molar-refractivity contribution in [1.82, 2.24) is 20.4 Å². The van der Waals surface area contributed by atoms with Crippen LogP contribution in [0.15, 0.2) is 36.7 Å². The standard InChI is InChI=1S/C22H22FN7O5S/c1-5-13-9-18(30(3)36(32)33)17(10-15(13)23)26-16-11-20(25-12-14(16)21(31)29-35-6-2)27-19-7-8-24-22(28-19)34-4/h1,7-12,36H,6H2,2-4H3,(H,29,31)(H2,24,25,26,27,28). The molecule has 0 saturated heterocycles. The lowest BCUT2D eigenvalue weighted by Gasteiger charge is -2.20. The van der Waals surface area contributed by atoms with Crippen molar-refractivity contribution in [3.05, 3.63) is 53.6 Å². The molecular weight excluding hydrogens is 493 g/mol. The van der Waals surface area contributed by atoms with Crippen LogP contribution in [0.5, 0.6) is 6.01 Å². The van der Waals surface area contributed by atoms with Gasteiger partial charge >= 0.3 is 6.01 Å². The smallest absolute Gasteiger partial charge is 0.318 e. The van der Waals surface area contributed by atoms with E-state index in [4.69, 9.17) is 16.0 Å². The van der Waals surface area contributed by atoms with Gasteiger partial charge in [0.2, 0.25) is 10.9 Å². The monoisotopic (exact) mass is 515 g/mol. The predicted octanol–water partition coefficient (Wildman–Crippen LogP) is 2.13. The fourth-order valence-corrected chi connectivity index (χ4v) is 3.26. The zero-order valence-corrected chi connectivity index (χ0v) is 20.3. The van der Waals surface area contributed by atoms with Gasteiger partial charge < -0.3 is 15.4 Å². The van der Waals surface area contributed by atoms with E-state index < -0.39 is 22.6 Å². The van der Waals surface area contributed by atoms with E-state index in [1.165, 1.54) is 38.7 Å². The van der Waals surface area contributed by atoms with Gasteiger partial charge in [0.05, 0.1) is 41.9 Å². The number of amides is 1. The molecule has 1 amide bonds. The zero-order valence-electron chi connectivity index (χ0n) is 19.4. The van der Waals surface area contributed by atoms with Crippen molar-refractivity contribution in [1.29, 1.82) is 0 Å². The van der Waals surface area contributed by atoms with Gasteiger partial charge in [0, 0.05) is 31.6 Å². The highest BCUT2D eigenvalue weighted by Gasteiger charge is 2.19. The van der Waals surface area contributed by atoms with E-state index in [1.54, 1.807) is 13.0 Å². The molecule has 2 aromatic heterocycles. The summed E-state index contributed by atoms with van der Waals surface area (Å²) in [5, 5.41) is 5.85. The van der Waals surface area contributed by atoms with Crippen LogP contribution in [0, 0.1) is 18.2 Å². The molecule has 0 aliphatic carbocycles. The number of carbonyl (C=O) groups is 1. The fraction of sp³-hybridized carbons (Fsp3) is 0.182. The summed E-state index contributed by atoms with van der Waals surface area (Å²) in [4.78, 5) is 29.9. The first-order chi connectivity index (χ1) is 17.3. The Bertz CT molecular complexity index is 1390. The van der Waals surface area contributed by atoms with Crippen LogP contribution in [-0.2, 0) is 15.7 Å². The lowest BCUT2D eigenvalue weighted by Crippen LogP contribution is -2.25. The Morgan fingerprint density at radius 2 is 1.97 bits per heavy atom. The molecule has 2 heterocycles. The van der Waals surface area contributed by atoms with Gasteiger partial charge in [-0.2, -0.15) is 4.98 Å². The maximum absolute atomic E-state index is 14.6. The predicted molar refractivity (Wildman–Crippen MR) is 132 cm³/mol. The van der Waals surface area contributed by atoms with Crippen molar-refractivity contribution < 1.29 is 27.2 Å². The van der Waals surface area contributed by atoms with E-state index >= 15 is 0 Å². The summed E-state index contributed by atoms with van der Waals surface area (Å²) >= 11 is 0. The minimum Gasteiger partial charge on any atom is -0.467 e. The molecule has 0 aliphatic rings. The topological polar surface area (TPSA) is 148 Å². The average molecular weight is 516 g/mol. The molecule has 188 valence electrons. The van der Waals surface area contributed by atoms with Crippen LogP contribution in [0.2, 0.25) is 0 Å². The van der Waals surface area contributed by atoms with E-state index in [0.717, 1.165) is 10.4 Å². The largest absolute Gasteiger partial charge is 0.467 e. The molecule has 0 spiro atoms. The van der Waals surface area contributed by atoms with Crippen LogP contribution in [0.1, 0.15) is 22.8 Å². The van der Waals surface area contributed by atoms with E-state index in [-0.39, 0.29) is 46.6 Å². The fourth-order valence-electron chi connectivity index (χ4n) is 2.91. The number of halogens is 1. The van der Waals surface area contributed by atoms with Gasteiger partial charge in [0.25, 0.3) is 5.91 Å². The van der Waals surface area contributed by atoms with Crippen molar-refractivity contribution in [2.75, 3.05) is 35.7 Å². The number of pyridine rings is 1. The van der Waals surface area contributed by atoms with Crippen LogP contribution >= 0.6 is 0 Å². The normalized spacial score (nSPS) is 10.4. The molecule has 3 aromatic rings. The number of benzene rings is 1. The Morgan fingerprint density at radius 1 is 1.19 bits per heavy atom. The van der Waals surface area contributed by atoms with Gasteiger partial charge in [-0.3, -0.25) is 13.9 Å². The minimum absolute atomic E-state index is 0.0239. The van der Waals surface area contributed by atoms with E-state index in [1.807, 2.05) is 0 Å². The van der Waals surface area contributed by atoms with Gasteiger partial charge in [-0.15, -0.1) is 6.42 Å². The first kappa shape index (κ1) is 26.1. The third-order valence-corrected chi connectivity index (χ3v) is 5.34. The second-order valence-corrected chi connectivity index (χ2v) is 7.99. The molecule has 0 radical (unpaired) electrons. The number of methoxy groups -OCH3 is 1. The van der Waals surface area contributed by atoms with Crippen LogP contribution in [0.3, 0.4) is 0 Å². The molecule has 1 aromatic carbocycles. The lowest BCUT2D eigenvalue weighted by molar-refractivity contribution is 0.0365. The van der Waals surface area contributed by atoms with Crippen molar-refractivity contribution in [2.45, 2.75) is 6.92 Å². The number of aromatic nitrogens is 3. The Labute approximate surface area is 207 Å². The van der Waals surface area contributed by atoms with E-state index in [0.29, 0.717) is 5.82 Å². The first-order valence-electron chi connectivity index (χ1n) is 10.3. The summed E-state index contributed by atoms with van der Waals surface area (Å²) in [6.45, 7) is 1.89. The summed E-state index contributed by atoms with van der Waals surface area (Å²) in [5.41, 5.74) is 2.38. The third kappa shape index (κ3) is 6.14. The van der Waals surface area contributed by atoms with E-state index in [9.17, 15) is 17.6 Å². The minimum atomic E-state index is -3.08. The van der Waals surface area contributed by atoms with Crippen molar-refractivity contribution >= 4 is 45.5 Å². The molecule has 0 bridgehead atoms. The maximum atomic E-state index is 14.6. The third-order valence-electron chi connectivity index (χ3n) is 4.63. The number of nitrogens with one attached hydrogen (secondary N) is 3. The van der Waals surface area contributed by atoms with Crippen LogP contribution < -0.4 is 25.2 Å². The Hall–Kier alpha value is -4.48. The molecular formula is C22H22FN7O5S. The molecule has 0 fully saturated rings. The van der Waals surface area contributed by atoms with E-state index in [2.05, 4.69) is 37.0 Å². The maximum Gasteiger partial charge on any atom is 0.318 e. The number of terminal acetylenes is 1. The molecule has 0 unspecified atom stereocenters. The van der Waals surface area contributed by atoms with Gasteiger partial charge in [-0.05, 0) is 19.1 Å². The Kier molecular flexibility index (Phi) is 8.55. The van der Waals surface area contributed by atoms with Gasteiger partial charge in [-0.25, -0.2) is 28.3 Å². The zero-order chi connectivity index (χ0) is 26.2. The summed E-state index contributed by atoms with van der Waals surface area (Å²) < 4.78 is 43.8. The first-order valence-corrected chi connectivity index (χ1v) is 11.4. The summed E-state index contributed by atoms with van der Waals surface area (Å²) in [6, 6.07) is 5.38. The van der Waals surface area contributed by atoms with Gasteiger partial charge in [0.15, 0.2) is 0 Å². The molecule has 36 heavy (non-hydrogen) atoms. The van der Waals surface area contributed by atoms with Crippen LogP contribution in [0.25, 0.3) is 0 Å². The number of nitrogens with zero attached hydrogens (tertiary/aromatic N) is 4. The summed E-state index contributed by atoms with van der Waals surface area (Å²) in [5.74, 6) is 1.35. The summed E-state index contributed by atoms with van der Waals surface area (Å²) in [6.07, 6.45) is 8.06. The molecule has 14 heteroatoms. The molecule has 12 nitrogen and oxygen atoms in total. The van der Waals surface area contributed by atoms with Crippen LogP contribution in [-0.4, -0.2) is 50.0 Å².